The number of ether oxygens (including phenoxy) is 3. The molecule has 0 saturated heterocycles. The molecule has 0 aliphatic heterocycles. The van der Waals surface area contributed by atoms with Crippen molar-refractivity contribution in [2.45, 2.75) is 52.6 Å². The smallest absolute Gasteiger partial charge is 0.347 e. The van der Waals surface area contributed by atoms with E-state index in [0.29, 0.717) is 21.9 Å². The standard InChI is InChI=1S/C23H27NO6S/c1-4-28-22(26)14(3)30-16-12-10-15(11-13-16)20(25)24-21-19(23(27)29-5-2)17-8-6-7-9-18(17)31-21/h10-14H,4-9H2,1-3H3,(H,24,25)/t14-/m1/s1. The summed E-state index contributed by atoms with van der Waals surface area (Å²) in [5, 5.41) is 3.42. The van der Waals surface area contributed by atoms with Crippen LogP contribution in [0.3, 0.4) is 0 Å². The van der Waals surface area contributed by atoms with Crippen molar-refractivity contribution in [1.29, 1.82) is 0 Å². The van der Waals surface area contributed by atoms with Gasteiger partial charge in [-0.15, -0.1) is 11.3 Å². The number of fused-ring (bicyclic) bond motifs is 1. The molecule has 0 saturated carbocycles. The predicted octanol–water partition coefficient (Wildman–Crippen LogP) is 4.39. The van der Waals surface area contributed by atoms with Gasteiger partial charge in [0.2, 0.25) is 0 Å². The van der Waals surface area contributed by atoms with Gasteiger partial charge in [-0.3, -0.25) is 4.79 Å². The molecule has 1 heterocycles. The largest absolute Gasteiger partial charge is 0.479 e. The molecule has 0 unspecified atom stereocenters. The maximum atomic E-state index is 12.8. The molecule has 166 valence electrons. The fourth-order valence-corrected chi connectivity index (χ4v) is 4.72. The molecule has 0 bridgehead atoms. The van der Waals surface area contributed by atoms with E-state index in [-0.39, 0.29) is 19.1 Å². The Bertz CT molecular complexity index is 950. The quantitative estimate of drug-likeness (QED) is 0.606. The summed E-state index contributed by atoms with van der Waals surface area (Å²) in [6.07, 6.45) is 3.08. The summed E-state index contributed by atoms with van der Waals surface area (Å²) < 4.78 is 15.7. The van der Waals surface area contributed by atoms with E-state index < -0.39 is 18.0 Å². The molecule has 1 aromatic heterocycles. The normalized spacial score (nSPS) is 13.6. The molecule has 0 radical (unpaired) electrons. The van der Waals surface area contributed by atoms with E-state index in [1.54, 1.807) is 45.0 Å². The van der Waals surface area contributed by atoms with Gasteiger partial charge in [-0.05, 0) is 76.3 Å². The molecule has 1 N–H and O–H groups in total. The van der Waals surface area contributed by atoms with Crippen LogP contribution in [-0.2, 0) is 27.1 Å². The van der Waals surface area contributed by atoms with Crippen LogP contribution < -0.4 is 10.1 Å². The van der Waals surface area contributed by atoms with Crippen LogP contribution in [0.5, 0.6) is 5.75 Å². The Labute approximate surface area is 185 Å². The zero-order valence-electron chi connectivity index (χ0n) is 18.0. The van der Waals surface area contributed by atoms with Gasteiger partial charge in [-0.2, -0.15) is 0 Å². The van der Waals surface area contributed by atoms with Gasteiger partial charge in [0.25, 0.3) is 5.91 Å². The Morgan fingerprint density at radius 3 is 2.39 bits per heavy atom. The lowest BCUT2D eigenvalue weighted by Crippen LogP contribution is -2.26. The van der Waals surface area contributed by atoms with Crippen molar-refractivity contribution in [2.24, 2.45) is 0 Å². The molecule has 3 rings (SSSR count). The Morgan fingerprint density at radius 2 is 1.71 bits per heavy atom. The lowest BCUT2D eigenvalue weighted by atomic mass is 9.95. The molecule has 1 aliphatic rings. The van der Waals surface area contributed by atoms with Crippen LogP contribution in [0.1, 0.15) is 64.8 Å². The minimum atomic E-state index is -0.746. The number of amides is 1. The van der Waals surface area contributed by atoms with Crippen LogP contribution in [0.15, 0.2) is 24.3 Å². The number of anilines is 1. The number of thiophene rings is 1. The first-order chi connectivity index (χ1) is 14.9. The third-order valence-corrected chi connectivity index (χ3v) is 6.13. The highest BCUT2D eigenvalue weighted by Crippen LogP contribution is 2.38. The van der Waals surface area contributed by atoms with Crippen LogP contribution in [0, 0.1) is 0 Å². The van der Waals surface area contributed by atoms with Crippen molar-refractivity contribution in [3.8, 4) is 5.75 Å². The number of esters is 2. The first-order valence-electron chi connectivity index (χ1n) is 10.5. The van der Waals surface area contributed by atoms with Crippen molar-refractivity contribution >= 4 is 34.2 Å². The molecule has 1 aromatic carbocycles. The Morgan fingerprint density at radius 1 is 1.03 bits per heavy atom. The van der Waals surface area contributed by atoms with Crippen LogP contribution in [-0.4, -0.2) is 37.2 Å². The number of nitrogens with one attached hydrogen (secondary N) is 1. The molecule has 8 heteroatoms. The average Bonchev–Trinajstić information content (AvgIpc) is 3.12. The van der Waals surface area contributed by atoms with Crippen molar-refractivity contribution in [3.63, 3.8) is 0 Å². The SMILES string of the molecule is CCOC(=O)c1c(NC(=O)c2ccc(O[C@H](C)C(=O)OCC)cc2)sc2c1CCCC2. The molecule has 1 atom stereocenters. The monoisotopic (exact) mass is 445 g/mol. The second kappa shape index (κ2) is 10.4. The van der Waals surface area contributed by atoms with Crippen LogP contribution in [0.25, 0.3) is 0 Å². The predicted molar refractivity (Wildman–Crippen MR) is 118 cm³/mol. The lowest BCUT2D eigenvalue weighted by Gasteiger charge is -2.13. The summed E-state index contributed by atoms with van der Waals surface area (Å²) in [4.78, 5) is 38.2. The highest BCUT2D eigenvalue weighted by Gasteiger charge is 2.27. The van der Waals surface area contributed by atoms with Gasteiger partial charge in [0, 0.05) is 10.4 Å². The Kier molecular flexibility index (Phi) is 7.68. The zero-order chi connectivity index (χ0) is 22.4. The van der Waals surface area contributed by atoms with Crippen molar-refractivity contribution in [3.05, 3.63) is 45.8 Å². The number of benzene rings is 1. The van der Waals surface area contributed by atoms with Crippen molar-refractivity contribution in [2.75, 3.05) is 18.5 Å². The van der Waals surface area contributed by atoms with Crippen LogP contribution in [0.2, 0.25) is 0 Å². The molecule has 1 aliphatic carbocycles. The van der Waals surface area contributed by atoms with E-state index in [1.807, 2.05) is 0 Å². The van der Waals surface area contributed by atoms with Gasteiger partial charge in [0.1, 0.15) is 10.8 Å². The third kappa shape index (κ3) is 5.44. The van der Waals surface area contributed by atoms with Crippen molar-refractivity contribution in [1.82, 2.24) is 0 Å². The van der Waals surface area contributed by atoms with E-state index in [0.717, 1.165) is 36.1 Å². The molecule has 7 nitrogen and oxygen atoms in total. The zero-order valence-corrected chi connectivity index (χ0v) is 18.8. The fourth-order valence-electron chi connectivity index (χ4n) is 3.45. The summed E-state index contributed by atoms with van der Waals surface area (Å²) in [7, 11) is 0. The topological polar surface area (TPSA) is 90.9 Å². The second-order valence-electron chi connectivity index (χ2n) is 7.13. The molecular formula is C23H27NO6S. The highest BCUT2D eigenvalue weighted by molar-refractivity contribution is 7.17. The van der Waals surface area contributed by atoms with Gasteiger partial charge in [-0.1, -0.05) is 0 Å². The van der Waals surface area contributed by atoms with E-state index >= 15 is 0 Å². The maximum Gasteiger partial charge on any atom is 0.347 e. The third-order valence-electron chi connectivity index (χ3n) is 4.93. The minimum Gasteiger partial charge on any atom is -0.479 e. The molecule has 2 aromatic rings. The highest BCUT2D eigenvalue weighted by atomic mass is 32.1. The number of rotatable bonds is 8. The maximum absolute atomic E-state index is 12.8. The Balaban J connectivity index is 1.74. The van der Waals surface area contributed by atoms with E-state index in [4.69, 9.17) is 14.2 Å². The number of carbonyl (C=O) groups is 3. The van der Waals surface area contributed by atoms with E-state index in [2.05, 4.69) is 5.32 Å². The molecule has 0 fully saturated rings. The molecule has 1 amide bonds. The number of hydrogen-bond acceptors (Lipinski definition) is 7. The molecule has 0 spiro atoms. The summed E-state index contributed by atoms with van der Waals surface area (Å²) in [5.41, 5.74) is 1.90. The van der Waals surface area contributed by atoms with Crippen molar-refractivity contribution < 1.29 is 28.6 Å². The first kappa shape index (κ1) is 22.8. The number of aryl methyl sites for hydroxylation is 1. The molecule has 31 heavy (non-hydrogen) atoms. The first-order valence-corrected chi connectivity index (χ1v) is 11.3. The summed E-state index contributed by atoms with van der Waals surface area (Å²) in [6.45, 7) is 5.67. The van der Waals surface area contributed by atoms with Gasteiger partial charge >= 0.3 is 11.9 Å². The van der Waals surface area contributed by atoms with E-state index in [1.165, 1.54) is 11.3 Å². The number of carbonyl (C=O) groups excluding carboxylic acids is 3. The summed E-state index contributed by atoms with van der Waals surface area (Å²) in [5.74, 6) is -0.712. The van der Waals surface area contributed by atoms with Gasteiger partial charge in [0.15, 0.2) is 6.10 Å². The summed E-state index contributed by atoms with van der Waals surface area (Å²) in [6, 6.07) is 6.47. The van der Waals surface area contributed by atoms with Gasteiger partial charge < -0.3 is 19.5 Å². The number of hydrogen-bond donors (Lipinski definition) is 1. The lowest BCUT2D eigenvalue weighted by molar-refractivity contribution is -0.150. The fraction of sp³-hybridized carbons (Fsp3) is 0.435. The minimum absolute atomic E-state index is 0.280. The summed E-state index contributed by atoms with van der Waals surface area (Å²) >= 11 is 1.45. The van der Waals surface area contributed by atoms with Gasteiger partial charge in [0.05, 0.1) is 18.8 Å². The second-order valence-corrected chi connectivity index (χ2v) is 8.23. The Hall–Kier alpha value is -2.87. The van der Waals surface area contributed by atoms with Crippen LogP contribution >= 0.6 is 11.3 Å². The van der Waals surface area contributed by atoms with Crippen LogP contribution in [0.4, 0.5) is 5.00 Å². The van der Waals surface area contributed by atoms with Gasteiger partial charge in [-0.25, -0.2) is 9.59 Å². The molecular weight excluding hydrogens is 418 g/mol. The van der Waals surface area contributed by atoms with E-state index in [9.17, 15) is 14.4 Å². The average molecular weight is 446 g/mol.